The normalized spacial score (nSPS) is 12.9. The van der Waals surface area contributed by atoms with Crippen LogP contribution in [0, 0.1) is 12.3 Å². The predicted octanol–water partition coefficient (Wildman–Crippen LogP) is 8.74. The van der Waals surface area contributed by atoms with Gasteiger partial charge in [0.05, 0.1) is 22.6 Å². The second-order valence-electron chi connectivity index (χ2n) is 10.4. The molecular formula is C31H28N2. The molecule has 0 fully saturated rings. The van der Waals surface area contributed by atoms with Gasteiger partial charge in [-0.2, -0.15) is 0 Å². The smallest absolute Gasteiger partial charge is 0.0957 e. The Labute approximate surface area is 195 Å². The predicted molar refractivity (Wildman–Crippen MR) is 141 cm³/mol. The molecule has 0 spiro atoms. The van der Waals surface area contributed by atoms with Gasteiger partial charge in [-0.25, -0.2) is 4.98 Å². The van der Waals surface area contributed by atoms with E-state index in [2.05, 4.69) is 118 Å². The molecule has 0 saturated carbocycles. The van der Waals surface area contributed by atoms with E-state index in [-0.39, 0.29) is 5.41 Å². The van der Waals surface area contributed by atoms with Gasteiger partial charge in [-0.05, 0) is 65.6 Å². The summed E-state index contributed by atoms with van der Waals surface area (Å²) in [4.78, 5) is 7.69. The maximum Gasteiger partial charge on any atom is 0.0957 e. The van der Waals surface area contributed by atoms with Gasteiger partial charge in [-0.3, -0.25) is 0 Å². The van der Waals surface area contributed by atoms with Crippen molar-refractivity contribution in [3.8, 4) is 11.3 Å². The average Bonchev–Trinajstić information content (AvgIpc) is 2.80. The SMILES string of the molecule is Cc1ccc2c3c(cccc13)N(c1ccccc1)c1cc3c(CC(C)(C)C)cccc3nc1-2. The molecule has 4 aromatic carbocycles. The van der Waals surface area contributed by atoms with Crippen molar-refractivity contribution in [2.45, 2.75) is 34.1 Å². The van der Waals surface area contributed by atoms with Crippen molar-refractivity contribution in [1.29, 1.82) is 0 Å². The summed E-state index contributed by atoms with van der Waals surface area (Å²) in [5.41, 5.74) is 9.73. The number of aryl methyl sites for hydroxylation is 1. The van der Waals surface area contributed by atoms with Crippen LogP contribution < -0.4 is 4.90 Å². The van der Waals surface area contributed by atoms with Crippen LogP contribution in [0.2, 0.25) is 0 Å². The van der Waals surface area contributed by atoms with Gasteiger partial charge in [0.25, 0.3) is 0 Å². The first-order valence-corrected chi connectivity index (χ1v) is 11.7. The maximum absolute atomic E-state index is 5.29. The molecule has 162 valence electrons. The first-order valence-electron chi connectivity index (χ1n) is 11.7. The number of fused-ring (bicyclic) bond motifs is 3. The van der Waals surface area contributed by atoms with Gasteiger partial charge >= 0.3 is 0 Å². The number of para-hydroxylation sites is 1. The Bertz CT molecular complexity index is 1520. The van der Waals surface area contributed by atoms with E-state index in [1.807, 2.05) is 0 Å². The highest BCUT2D eigenvalue weighted by molar-refractivity contribution is 6.15. The summed E-state index contributed by atoms with van der Waals surface area (Å²) in [7, 11) is 0. The van der Waals surface area contributed by atoms with E-state index in [4.69, 9.17) is 4.98 Å². The summed E-state index contributed by atoms with van der Waals surface area (Å²) in [5, 5.41) is 3.82. The van der Waals surface area contributed by atoms with Crippen LogP contribution in [0.5, 0.6) is 0 Å². The lowest BCUT2D eigenvalue weighted by Gasteiger charge is -2.33. The molecule has 0 unspecified atom stereocenters. The maximum atomic E-state index is 5.29. The van der Waals surface area contributed by atoms with Crippen LogP contribution >= 0.6 is 0 Å². The second kappa shape index (κ2) is 7.18. The summed E-state index contributed by atoms with van der Waals surface area (Å²) in [5.74, 6) is 0. The zero-order chi connectivity index (χ0) is 22.7. The minimum atomic E-state index is 0.207. The van der Waals surface area contributed by atoms with E-state index in [1.165, 1.54) is 38.5 Å². The molecular weight excluding hydrogens is 400 g/mol. The van der Waals surface area contributed by atoms with Crippen LogP contribution in [0.1, 0.15) is 31.9 Å². The summed E-state index contributed by atoms with van der Waals surface area (Å²) in [6.45, 7) is 9.09. The number of pyridine rings is 1. The summed E-state index contributed by atoms with van der Waals surface area (Å²) in [6.07, 6.45) is 1.02. The molecule has 2 nitrogen and oxygen atoms in total. The van der Waals surface area contributed by atoms with Crippen LogP contribution in [0.3, 0.4) is 0 Å². The van der Waals surface area contributed by atoms with Crippen LogP contribution in [-0.4, -0.2) is 4.98 Å². The zero-order valence-electron chi connectivity index (χ0n) is 19.7. The second-order valence-corrected chi connectivity index (χ2v) is 10.4. The topological polar surface area (TPSA) is 16.1 Å². The highest BCUT2D eigenvalue weighted by Gasteiger charge is 2.28. The summed E-state index contributed by atoms with van der Waals surface area (Å²) < 4.78 is 0. The summed E-state index contributed by atoms with van der Waals surface area (Å²) >= 11 is 0. The van der Waals surface area contributed by atoms with Crippen molar-refractivity contribution in [3.05, 3.63) is 96.1 Å². The Morgan fingerprint density at radius 2 is 1.55 bits per heavy atom. The Morgan fingerprint density at radius 3 is 2.33 bits per heavy atom. The molecule has 0 bridgehead atoms. The zero-order valence-corrected chi connectivity index (χ0v) is 19.7. The molecule has 0 amide bonds. The number of nitrogens with zero attached hydrogens (tertiary/aromatic N) is 2. The molecule has 5 aromatic rings. The molecule has 1 aliphatic heterocycles. The molecule has 1 aliphatic rings. The van der Waals surface area contributed by atoms with Crippen LogP contribution in [0.4, 0.5) is 17.1 Å². The third-order valence-electron chi connectivity index (χ3n) is 6.64. The van der Waals surface area contributed by atoms with E-state index in [1.54, 1.807) is 0 Å². The highest BCUT2D eigenvalue weighted by atomic mass is 15.2. The monoisotopic (exact) mass is 428 g/mol. The quantitative estimate of drug-likeness (QED) is 0.274. The molecule has 6 rings (SSSR count). The Morgan fingerprint density at radius 1 is 0.758 bits per heavy atom. The molecule has 33 heavy (non-hydrogen) atoms. The standard InChI is InChI=1S/C31H28N2/c1-20-16-17-24-29-23(20)13-9-15-27(29)33(22-11-6-5-7-12-22)28-18-25-21(19-31(2,3)4)10-8-14-26(25)32-30(24)28/h5-18H,19H2,1-4H3. The van der Waals surface area contributed by atoms with Crippen molar-refractivity contribution >= 4 is 38.7 Å². The number of rotatable bonds is 2. The fourth-order valence-electron chi connectivity index (χ4n) is 5.24. The lowest BCUT2D eigenvalue weighted by Crippen LogP contribution is -2.16. The van der Waals surface area contributed by atoms with Crippen LogP contribution in [-0.2, 0) is 6.42 Å². The van der Waals surface area contributed by atoms with Gasteiger partial charge in [0.2, 0.25) is 0 Å². The lowest BCUT2D eigenvalue weighted by molar-refractivity contribution is 0.412. The average molecular weight is 429 g/mol. The van der Waals surface area contributed by atoms with Gasteiger partial charge in [0.1, 0.15) is 0 Å². The molecule has 0 saturated heterocycles. The van der Waals surface area contributed by atoms with Crippen molar-refractivity contribution in [1.82, 2.24) is 4.98 Å². The van der Waals surface area contributed by atoms with Crippen molar-refractivity contribution in [2.24, 2.45) is 5.41 Å². The number of hydrogen-bond acceptors (Lipinski definition) is 2. The van der Waals surface area contributed by atoms with E-state index >= 15 is 0 Å². The number of anilines is 3. The number of aromatic nitrogens is 1. The molecule has 1 aromatic heterocycles. The third kappa shape index (κ3) is 3.21. The highest BCUT2D eigenvalue weighted by Crippen LogP contribution is 2.51. The third-order valence-corrected chi connectivity index (χ3v) is 6.64. The van der Waals surface area contributed by atoms with E-state index in [0.717, 1.165) is 29.0 Å². The molecule has 2 heteroatoms. The number of benzene rings is 4. The van der Waals surface area contributed by atoms with Gasteiger partial charge in [-0.1, -0.05) is 75.4 Å². The van der Waals surface area contributed by atoms with Crippen LogP contribution in [0.25, 0.3) is 32.9 Å². The lowest BCUT2D eigenvalue weighted by atomic mass is 9.86. The van der Waals surface area contributed by atoms with Gasteiger partial charge in [0.15, 0.2) is 0 Å². The fraction of sp³-hybridized carbons (Fsp3) is 0.194. The van der Waals surface area contributed by atoms with Crippen LogP contribution in [0.15, 0.2) is 84.9 Å². The Hall–Kier alpha value is -3.65. The van der Waals surface area contributed by atoms with Crippen molar-refractivity contribution in [3.63, 3.8) is 0 Å². The number of hydrogen-bond donors (Lipinski definition) is 0. The first kappa shape index (κ1) is 20.0. The molecule has 0 radical (unpaired) electrons. The largest absolute Gasteiger partial charge is 0.308 e. The Balaban J connectivity index is 1.73. The van der Waals surface area contributed by atoms with Gasteiger partial charge < -0.3 is 4.90 Å². The summed E-state index contributed by atoms with van der Waals surface area (Å²) in [6, 6.07) is 30.7. The molecule has 0 atom stereocenters. The molecule has 2 heterocycles. The first-order chi connectivity index (χ1) is 15.9. The van der Waals surface area contributed by atoms with Crippen molar-refractivity contribution in [2.75, 3.05) is 4.90 Å². The van der Waals surface area contributed by atoms with E-state index < -0.39 is 0 Å². The fourth-order valence-corrected chi connectivity index (χ4v) is 5.24. The van der Waals surface area contributed by atoms with Gasteiger partial charge in [0, 0.05) is 22.0 Å². The minimum absolute atomic E-state index is 0.207. The minimum Gasteiger partial charge on any atom is -0.308 e. The van der Waals surface area contributed by atoms with E-state index in [9.17, 15) is 0 Å². The molecule has 0 aliphatic carbocycles. The van der Waals surface area contributed by atoms with E-state index in [0.29, 0.717) is 0 Å². The Kier molecular flexibility index (Phi) is 4.35. The van der Waals surface area contributed by atoms with Gasteiger partial charge in [-0.15, -0.1) is 0 Å². The molecule has 0 N–H and O–H groups in total. The van der Waals surface area contributed by atoms with Crippen molar-refractivity contribution < 1.29 is 0 Å².